The van der Waals surface area contributed by atoms with Crippen molar-refractivity contribution < 1.29 is 76.5 Å². The number of hydrogen-bond donors (Lipinski definition) is 4. The van der Waals surface area contributed by atoms with E-state index in [2.05, 4.69) is 65.2 Å². The van der Waals surface area contributed by atoms with Crippen molar-refractivity contribution in [2.75, 3.05) is 193 Å². The van der Waals surface area contributed by atoms with Crippen LogP contribution in [0.3, 0.4) is 0 Å². The Hall–Kier alpha value is -8.25. The molecule has 4 aliphatic heterocycles. The molecule has 42 heteroatoms. The summed E-state index contributed by atoms with van der Waals surface area (Å²) in [5.41, 5.74) is 10.7. The van der Waals surface area contributed by atoms with Crippen LogP contribution in [0.2, 0.25) is 25.8 Å². The summed E-state index contributed by atoms with van der Waals surface area (Å²) < 4.78 is 53.0. The molecule has 8 aromatic heterocycles. The lowest BCUT2D eigenvalue weighted by Crippen LogP contribution is -2.45. The van der Waals surface area contributed by atoms with E-state index in [9.17, 15) is 33.9 Å². The number of aromatic carboxylic acids is 1. The highest BCUT2D eigenvalue weighted by atomic mass is 35.5. The number of ether oxygens (including phenoxy) is 9. The number of carboxylic acid groups (broad SMARTS) is 1. The van der Waals surface area contributed by atoms with Gasteiger partial charge in [0.2, 0.25) is 0 Å². The summed E-state index contributed by atoms with van der Waals surface area (Å²) in [6, 6.07) is 6.71. The summed E-state index contributed by atoms with van der Waals surface area (Å²) in [5.74, 6) is -1.37. The summed E-state index contributed by atoms with van der Waals surface area (Å²) in [6.45, 7) is 34.8. The van der Waals surface area contributed by atoms with Gasteiger partial charge in [0.1, 0.15) is 76.7 Å². The minimum atomic E-state index is -1.18. The van der Waals surface area contributed by atoms with Crippen LogP contribution in [0.4, 0.5) is 27.0 Å². The van der Waals surface area contributed by atoms with Crippen molar-refractivity contribution in [2.24, 2.45) is 11.5 Å². The molecule has 13 rings (SSSR count). The number of hydrogen-bond acceptors (Lipinski definition) is 30. The molecule has 12 heterocycles. The second-order valence-corrected chi connectivity index (χ2v) is 29.5. The number of anilines is 3. The van der Waals surface area contributed by atoms with Crippen molar-refractivity contribution in [2.45, 2.75) is 92.4 Å². The number of rotatable bonds is 21. The van der Waals surface area contributed by atoms with E-state index in [-0.39, 0.29) is 73.3 Å². The predicted octanol–water partition coefficient (Wildman–Crippen LogP) is 7.69. The molecule has 0 atom stereocenters. The van der Waals surface area contributed by atoms with Crippen molar-refractivity contribution >= 4 is 134 Å². The number of nitrogens with two attached hydrogens (primary N) is 2. The van der Waals surface area contributed by atoms with Crippen molar-refractivity contribution in [1.82, 2.24) is 78.0 Å². The van der Waals surface area contributed by atoms with Gasteiger partial charge in [0.15, 0.2) is 22.6 Å². The molecule has 0 aromatic carbocycles. The molecule has 6 N–H and O–H groups in total. The van der Waals surface area contributed by atoms with Gasteiger partial charge in [-0.15, -0.1) is 0 Å². The van der Waals surface area contributed by atoms with E-state index in [4.69, 9.17) is 112 Å². The van der Waals surface area contributed by atoms with Gasteiger partial charge in [-0.3, -0.25) is 29.4 Å². The topological polar surface area (TPSA) is 410 Å². The molecule has 0 spiro atoms. The Morgan fingerprint density at radius 1 is 0.487 bits per heavy atom. The van der Waals surface area contributed by atoms with Gasteiger partial charge in [0.25, 0.3) is 0 Å². The molecule has 5 aliphatic rings. The Labute approximate surface area is 678 Å². The number of aromatic nitrogens is 12. The van der Waals surface area contributed by atoms with Gasteiger partial charge in [-0.1, -0.05) is 58.0 Å². The fourth-order valence-electron chi connectivity index (χ4n) is 11.0. The lowest BCUT2D eigenvalue weighted by molar-refractivity contribution is 0.0371. The number of carbonyl (C=O) groups is 6. The average Bonchev–Trinajstić information content (AvgIpc) is 1.73. The molecule has 2 amide bonds. The number of carboxylic acids is 1. The molecule has 4 saturated heterocycles. The van der Waals surface area contributed by atoms with Gasteiger partial charge in [-0.25, -0.2) is 53.2 Å². The van der Waals surface area contributed by atoms with E-state index in [1.54, 1.807) is 72.9 Å². The lowest BCUT2D eigenvalue weighted by Gasteiger charge is -2.31. The van der Waals surface area contributed by atoms with Crippen LogP contribution in [0, 0.1) is 0 Å². The number of nitrogens with one attached hydrogen (secondary N) is 1. The van der Waals surface area contributed by atoms with E-state index in [0.29, 0.717) is 93.3 Å². The van der Waals surface area contributed by atoms with Crippen LogP contribution in [0.1, 0.15) is 117 Å². The second-order valence-electron chi connectivity index (χ2n) is 27.5. The van der Waals surface area contributed by atoms with Crippen molar-refractivity contribution in [3.8, 4) is 0 Å². The Bertz CT molecular complexity index is 4430. The average molecular weight is 1680 g/mol. The summed E-state index contributed by atoms with van der Waals surface area (Å²) in [5, 5.41) is 30.1. The summed E-state index contributed by atoms with van der Waals surface area (Å²) in [7, 11) is 0. The first-order chi connectivity index (χ1) is 54.0. The van der Waals surface area contributed by atoms with E-state index in [1.165, 1.54) is 79.2 Å². The first-order valence-electron chi connectivity index (χ1n) is 37.0. The first-order valence-corrected chi connectivity index (χ1v) is 38.9. The zero-order valence-electron chi connectivity index (χ0n) is 64.9. The zero-order valence-corrected chi connectivity index (χ0v) is 68.6. The normalized spacial score (nSPS) is 15.6. The molecular formula is C71H100Cl5N21O16. The molecule has 0 unspecified atom stereocenters. The zero-order chi connectivity index (χ0) is 81.9. The van der Waals surface area contributed by atoms with E-state index < -0.39 is 47.3 Å². The number of carbonyl (C=O) groups excluding carboxylic acids is 5. The molecule has 37 nitrogen and oxygen atoms in total. The number of halogens is 5. The van der Waals surface area contributed by atoms with Crippen LogP contribution in [0.5, 0.6) is 0 Å². The van der Waals surface area contributed by atoms with Crippen LogP contribution in [-0.4, -0.2) is 314 Å². The predicted molar refractivity (Wildman–Crippen MR) is 423 cm³/mol. The Balaban J connectivity index is 0.000000182. The van der Waals surface area contributed by atoms with Gasteiger partial charge in [0, 0.05) is 135 Å². The maximum atomic E-state index is 13.1. The van der Waals surface area contributed by atoms with Crippen LogP contribution in [-0.2, 0) is 42.6 Å². The first kappa shape index (κ1) is 90.3. The standard InChI is InChI=1S/C20H28ClN5O5.C18H24ClN5O5.C15H20ClN5O3.C9H7Cl2N3O2.C6H14N2O.C3H7N/c1-5-30-18(27)14-13-22-26-16(12-15(21)23-17(14)26)25(19(28)31-20(2,3)4)7-6-24-8-10-29-11-9-24;1-18(2,3)29-17(27)23(5-4-22-6-8-28-9-7-22)14-10-13(19)21-15-12(16(25)26)11-20-24(14)15;1-2-24-15(22)11-10-18-21-13(9-12(16)19-14(11)21)17-3-4-20-5-7-23-8-6-20;1-2-16-9(15)5-4-12-14-7(11)3-6(10)13-8(5)14;7-1-2-8-3-5-9-6-4-8;4-3-1-2-3/h12-13H,5-11H2,1-4H3;10-11H,4-9H2,1-3H3,(H,25,26);9-10,17H,2-8H2,1H3;3-4H,2H2,1H3;1-7H2;3H,1-2,4H2. The van der Waals surface area contributed by atoms with Crippen LogP contribution < -0.4 is 26.6 Å². The number of morpholine rings is 4. The summed E-state index contributed by atoms with van der Waals surface area (Å²) >= 11 is 30.1. The highest BCUT2D eigenvalue weighted by Gasteiger charge is 2.32. The summed E-state index contributed by atoms with van der Waals surface area (Å²) in [6.07, 6.45) is 6.74. The van der Waals surface area contributed by atoms with Crippen molar-refractivity contribution in [3.63, 3.8) is 0 Å². The van der Waals surface area contributed by atoms with Crippen molar-refractivity contribution in [1.29, 1.82) is 0 Å². The van der Waals surface area contributed by atoms with Crippen LogP contribution in [0.15, 0.2) is 49.1 Å². The Morgan fingerprint density at radius 3 is 1.17 bits per heavy atom. The third-order valence-corrected chi connectivity index (χ3v) is 17.7. The van der Waals surface area contributed by atoms with Gasteiger partial charge in [0.05, 0.1) is 97.5 Å². The quantitative estimate of drug-likeness (QED) is 0.0304. The number of nitrogens with zero attached hydrogens (tertiary/aromatic N) is 18. The van der Waals surface area contributed by atoms with Crippen molar-refractivity contribution in [3.05, 3.63) is 97.1 Å². The Morgan fingerprint density at radius 2 is 0.805 bits per heavy atom. The van der Waals surface area contributed by atoms with Gasteiger partial charge in [-0.2, -0.15) is 33.9 Å². The minimum absolute atomic E-state index is 0.0513. The highest BCUT2D eigenvalue weighted by molar-refractivity contribution is 6.33. The maximum Gasteiger partial charge on any atom is 0.416 e. The Kier molecular flexibility index (Phi) is 35.2. The number of amides is 2. The van der Waals surface area contributed by atoms with Gasteiger partial charge < -0.3 is 64.5 Å². The van der Waals surface area contributed by atoms with E-state index >= 15 is 0 Å². The molecule has 1 aliphatic carbocycles. The minimum Gasteiger partial charge on any atom is -0.477 e. The highest BCUT2D eigenvalue weighted by Crippen LogP contribution is 2.28. The second kappa shape index (κ2) is 44.0. The lowest BCUT2D eigenvalue weighted by atomic mass is 10.2. The SMILES string of the molecule is CC(C)(C)OC(=O)N(CCN1CCOCC1)c1cc(Cl)nc2c(C(=O)O)cnn12.CCOC(=O)c1cnn2c(Cl)cc(Cl)nc12.CCOC(=O)c1cnn2c(N(CCN3CCOCC3)C(=O)OC(C)(C)C)cc(Cl)nc12.CCOC(=O)c1cnn2c(NCCN3CCOCC3)cc(Cl)nc12.NC1CC1.NCCN1CCOCC1. The fourth-order valence-corrected chi connectivity index (χ4v) is 12.0. The molecule has 5 fully saturated rings. The molecular weight excluding hydrogens is 1580 g/mol. The van der Waals surface area contributed by atoms with Crippen LogP contribution in [0.25, 0.3) is 22.6 Å². The maximum absolute atomic E-state index is 13.1. The smallest absolute Gasteiger partial charge is 0.416 e. The number of fused-ring (bicyclic) bond motifs is 4. The fraction of sp³-hybridized carbons (Fsp3) is 0.577. The molecule has 113 heavy (non-hydrogen) atoms. The van der Waals surface area contributed by atoms with Gasteiger partial charge >= 0.3 is 36.1 Å². The largest absolute Gasteiger partial charge is 0.477 e. The molecule has 0 bridgehead atoms. The van der Waals surface area contributed by atoms with E-state index in [1.807, 2.05) is 0 Å². The molecule has 0 radical (unpaired) electrons. The van der Waals surface area contributed by atoms with Crippen LogP contribution >= 0.6 is 58.0 Å². The monoisotopic (exact) mass is 1680 g/mol. The third-order valence-electron chi connectivity index (χ3n) is 16.7. The van der Waals surface area contributed by atoms with Gasteiger partial charge in [-0.05, 0) is 75.2 Å². The third kappa shape index (κ3) is 27.7. The molecule has 8 aromatic rings. The summed E-state index contributed by atoms with van der Waals surface area (Å²) in [4.78, 5) is 102. The number of esters is 3. The molecule has 620 valence electrons. The molecule has 1 saturated carbocycles. The van der Waals surface area contributed by atoms with E-state index in [0.717, 1.165) is 105 Å².